The molecular weight excluding hydrogens is 312 g/mol. The summed E-state index contributed by atoms with van der Waals surface area (Å²) in [4.78, 5) is 8.05. The van der Waals surface area contributed by atoms with Crippen LogP contribution in [0, 0.1) is 0 Å². The minimum absolute atomic E-state index is 1.05. The molecule has 0 aliphatic rings. The van der Waals surface area contributed by atoms with Gasteiger partial charge in [-0.25, -0.2) is 4.98 Å². The van der Waals surface area contributed by atoms with E-state index in [1.165, 1.54) is 75.7 Å². The van der Waals surface area contributed by atoms with Crippen LogP contribution in [0.25, 0.3) is 11.0 Å². The van der Waals surface area contributed by atoms with Crippen LogP contribution in [0.1, 0.15) is 77.0 Å². The molecule has 0 saturated carbocycles. The van der Waals surface area contributed by atoms with Gasteiger partial charge in [0.2, 0.25) is 0 Å². The van der Waals surface area contributed by atoms with E-state index in [4.69, 9.17) is 0 Å². The fourth-order valence-electron chi connectivity index (χ4n) is 3.09. The van der Waals surface area contributed by atoms with E-state index in [-0.39, 0.29) is 0 Å². The molecule has 0 aliphatic carbocycles. The van der Waals surface area contributed by atoms with Gasteiger partial charge in [0.1, 0.15) is 5.82 Å². The molecule has 0 spiro atoms. The summed E-state index contributed by atoms with van der Waals surface area (Å²) < 4.78 is 0. The fourth-order valence-corrected chi connectivity index (χ4v) is 4.04. The number of unbranched alkanes of at least 4 members (excludes halogenated alkanes) is 9. The number of aromatic amines is 1. The van der Waals surface area contributed by atoms with Crippen molar-refractivity contribution >= 4 is 22.8 Å². The molecule has 3 heteroatoms. The molecule has 1 N–H and O–H groups in total. The predicted molar refractivity (Wildman–Crippen MR) is 109 cm³/mol. The van der Waals surface area contributed by atoms with Gasteiger partial charge >= 0.3 is 0 Å². The summed E-state index contributed by atoms with van der Waals surface area (Å²) >= 11 is 2.08. The summed E-state index contributed by atoms with van der Waals surface area (Å²) in [7, 11) is 0. The lowest BCUT2D eigenvalue weighted by Gasteiger charge is -2.02. The minimum Gasteiger partial charge on any atom is -0.342 e. The van der Waals surface area contributed by atoms with E-state index in [1.807, 2.05) is 6.07 Å². The van der Waals surface area contributed by atoms with Crippen LogP contribution in [-0.2, 0) is 6.42 Å². The van der Waals surface area contributed by atoms with Gasteiger partial charge in [0.25, 0.3) is 0 Å². The maximum absolute atomic E-state index is 4.64. The summed E-state index contributed by atoms with van der Waals surface area (Å²) in [5.41, 5.74) is 2.25. The van der Waals surface area contributed by atoms with Crippen molar-refractivity contribution in [3.05, 3.63) is 30.1 Å². The molecule has 0 saturated heterocycles. The second-order valence-corrected chi connectivity index (χ2v) is 7.97. The maximum Gasteiger partial charge on any atom is 0.108 e. The van der Waals surface area contributed by atoms with Crippen molar-refractivity contribution in [2.45, 2.75) is 77.6 Å². The average Bonchev–Trinajstić information content (AvgIpc) is 3.02. The molecule has 0 atom stereocenters. The topological polar surface area (TPSA) is 28.7 Å². The Labute approximate surface area is 152 Å². The third kappa shape index (κ3) is 7.74. The summed E-state index contributed by atoms with van der Waals surface area (Å²) in [5, 5.41) is 0. The number of hydrogen-bond donors (Lipinski definition) is 1. The number of hydrogen-bond acceptors (Lipinski definition) is 2. The smallest absolute Gasteiger partial charge is 0.108 e. The molecule has 0 fully saturated rings. The lowest BCUT2D eigenvalue weighted by Crippen LogP contribution is -1.92. The highest BCUT2D eigenvalue weighted by atomic mass is 32.2. The van der Waals surface area contributed by atoms with Gasteiger partial charge in [-0.1, -0.05) is 76.8 Å². The number of thioether (sulfide) groups is 1. The van der Waals surface area contributed by atoms with Crippen LogP contribution >= 0.6 is 11.8 Å². The zero-order chi connectivity index (χ0) is 16.9. The second kappa shape index (κ2) is 12.4. The molecule has 2 rings (SSSR count). The van der Waals surface area contributed by atoms with E-state index >= 15 is 0 Å². The van der Waals surface area contributed by atoms with Gasteiger partial charge < -0.3 is 4.98 Å². The Morgan fingerprint density at radius 2 is 1.50 bits per heavy atom. The number of benzene rings is 1. The quantitative estimate of drug-likeness (QED) is 0.383. The normalized spacial score (nSPS) is 11.4. The zero-order valence-corrected chi connectivity index (χ0v) is 16.2. The van der Waals surface area contributed by atoms with Crippen LogP contribution < -0.4 is 0 Å². The lowest BCUT2D eigenvalue weighted by molar-refractivity contribution is 0.563. The molecule has 134 valence electrons. The van der Waals surface area contributed by atoms with Gasteiger partial charge in [-0.05, 0) is 24.3 Å². The summed E-state index contributed by atoms with van der Waals surface area (Å²) in [6, 6.07) is 8.28. The number of nitrogens with one attached hydrogen (secondary N) is 1. The molecule has 1 heterocycles. The van der Waals surface area contributed by atoms with E-state index in [0.717, 1.165) is 23.3 Å². The van der Waals surface area contributed by atoms with Crippen molar-refractivity contribution in [1.82, 2.24) is 9.97 Å². The predicted octanol–water partition coefficient (Wildman–Crippen LogP) is 6.76. The van der Waals surface area contributed by atoms with Crippen molar-refractivity contribution in [3.8, 4) is 0 Å². The van der Waals surface area contributed by atoms with Crippen molar-refractivity contribution in [3.63, 3.8) is 0 Å². The highest BCUT2D eigenvalue weighted by Crippen LogP contribution is 2.14. The van der Waals surface area contributed by atoms with E-state index in [0.29, 0.717) is 0 Å². The molecule has 0 radical (unpaired) electrons. The zero-order valence-electron chi connectivity index (χ0n) is 15.4. The largest absolute Gasteiger partial charge is 0.342 e. The number of nitrogens with zero attached hydrogens (tertiary/aromatic N) is 1. The number of para-hydroxylation sites is 2. The Morgan fingerprint density at radius 3 is 2.21 bits per heavy atom. The Kier molecular flexibility index (Phi) is 10.0. The summed E-state index contributed by atoms with van der Waals surface area (Å²) in [6.07, 6.45) is 15.3. The van der Waals surface area contributed by atoms with Crippen LogP contribution in [0.2, 0.25) is 0 Å². The molecule has 1 aromatic carbocycles. The molecule has 1 aromatic heterocycles. The van der Waals surface area contributed by atoms with Crippen molar-refractivity contribution in [2.75, 3.05) is 11.5 Å². The Bertz CT molecular complexity index is 517. The first-order valence-corrected chi connectivity index (χ1v) is 11.1. The van der Waals surface area contributed by atoms with Gasteiger partial charge in [0.15, 0.2) is 0 Å². The van der Waals surface area contributed by atoms with E-state index in [9.17, 15) is 0 Å². The molecule has 24 heavy (non-hydrogen) atoms. The van der Waals surface area contributed by atoms with Gasteiger partial charge in [0.05, 0.1) is 11.0 Å². The number of imidazole rings is 1. The van der Waals surface area contributed by atoms with Gasteiger partial charge in [-0.15, -0.1) is 0 Å². The molecule has 0 bridgehead atoms. The number of aryl methyl sites for hydroxylation is 1. The molecular formula is C21H34N2S. The van der Waals surface area contributed by atoms with Crippen LogP contribution in [-0.4, -0.2) is 21.5 Å². The SMILES string of the molecule is CCCCCCCCCCCCSCCc1nc2ccccc2[nH]1. The summed E-state index contributed by atoms with van der Waals surface area (Å²) in [5.74, 6) is 3.61. The van der Waals surface area contributed by atoms with Crippen LogP contribution in [0.3, 0.4) is 0 Å². The van der Waals surface area contributed by atoms with Crippen molar-refractivity contribution in [2.24, 2.45) is 0 Å². The number of fused-ring (bicyclic) bond motifs is 1. The number of H-pyrrole nitrogens is 1. The Morgan fingerprint density at radius 1 is 0.833 bits per heavy atom. The third-order valence-electron chi connectivity index (χ3n) is 4.56. The molecule has 2 aromatic rings. The molecule has 2 nitrogen and oxygen atoms in total. The third-order valence-corrected chi connectivity index (χ3v) is 5.63. The van der Waals surface area contributed by atoms with Crippen molar-refractivity contribution in [1.29, 1.82) is 0 Å². The van der Waals surface area contributed by atoms with Crippen LogP contribution in [0.15, 0.2) is 24.3 Å². The monoisotopic (exact) mass is 346 g/mol. The highest BCUT2D eigenvalue weighted by molar-refractivity contribution is 7.99. The first-order chi connectivity index (χ1) is 11.9. The lowest BCUT2D eigenvalue weighted by atomic mass is 10.1. The molecule has 0 unspecified atom stereocenters. The second-order valence-electron chi connectivity index (χ2n) is 6.74. The highest BCUT2D eigenvalue weighted by Gasteiger charge is 2.01. The first kappa shape index (κ1) is 19.4. The Balaban J connectivity index is 1.39. The Hall–Kier alpha value is -0.960. The standard InChI is InChI=1S/C21H34N2S/c1-2-3-4-5-6-7-8-9-10-13-17-24-18-16-21-22-19-14-11-12-15-20(19)23-21/h11-12,14-15H,2-10,13,16-18H2,1H3,(H,22,23). The first-order valence-electron chi connectivity index (χ1n) is 9.91. The molecule has 0 amide bonds. The van der Waals surface area contributed by atoms with Gasteiger partial charge in [0, 0.05) is 12.2 Å². The maximum atomic E-state index is 4.64. The molecule has 0 aliphatic heterocycles. The van der Waals surface area contributed by atoms with E-state index < -0.39 is 0 Å². The average molecular weight is 347 g/mol. The van der Waals surface area contributed by atoms with Crippen molar-refractivity contribution < 1.29 is 0 Å². The fraction of sp³-hybridized carbons (Fsp3) is 0.667. The number of aromatic nitrogens is 2. The minimum atomic E-state index is 1.05. The van der Waals surface area contributed by atoms with Gasteiger partial charge in [-0.2, -0.15) is 11.8 Å². The number of rotatable bonds is 14. The van der Waals surface area contributed by atoms with E-state index in [2.05, 4.69) is 46.9 Å². The summed E-state index contributed by atoms with van der Waals surface area (Å²) in [6.45, 7) is 2.29. The van der Waals surface area contributed by atoms with E-state index in [1.54, 1.807) is 0 Å². The van der Waals surface area contributed by atoms with Crippen LogP contribution in [0.4, 0.5) is 0 Å². The van der Waals surface area contributed by atoms with Crippen LogP contribution in [0.5, 0.6) is 0 Å². The van der Waals surface area contributed by atoms with Gasteiger partial charge in [-0.3, -0.25) is 0 Å².